The molecule has 1 aromatic rings. The monoisotopic (exact) mass is 291 g/mol. The van der Waals surface area contributed by atoms with E-state index in [0.717, 1.165) is 0 Å². The SMILES string of the molecule is CC(C)CNS(=O)(=O)NCCn1cc(C(=O)O)nn1. The Bertz CT molecular complexity index is 524. The van der Waals surface area contributed by atoms with E-state index in [1.54, 1.807) is 0 Å². The first kappa shape index (κ1) is 15.5. The molecule has 3 N–H and O–H groups in total. The summed E-state index contributed by atoms with van der Waals surface area (Å²) in [4.78, 5) is 10.6. The molecule has 0 aliphatic carbocycles. The summed E-state index contributed by atoms with van der Waals surface area (Å²) < 4.78 is 28.9. The molecule has 1 aromatic heterocycles. The molecule has 0 fully saturated rings. The fourth-order valence-electron chi connectivity index (χ4n) is 1.13. The number of hydrogen-bond acceptors (Lipinski definition) is 5. The lowest BCUT2D eigenvalue weighted by Crippen LogP contribution is -2.39. The Hall–Kier alpha value is -1.52. The zero-order chi connectivity index (χ0) is 14.5. The maximum Gasteiger partial charge on any atom is 0.358 e. The highest BCUT2D eigenvalue weighted by atomic mass is 32.2. The molecule has 0 saturated carbocycles. The molecule has 10 heteroatoms. The lowest BCUT2D eigenvalue weighted by molar-refractivity contribution is 0.0690. The topological polar surface area (TPSA) is 126 Å². The van der Waals surface area contributed by atoms with Gasteiger partial charge in [0.15, 0.2) is 5.69 Å². The predicted molar refractivity (Wildman–Crippen MR) is 66.7 cm³/mol. The third-order valence-electron chi connectivity index (χ3n) is 2.07. The minimum Gasteiger partial charge on any atom is -0.476 e. The summed E-state index contributed by atoms with van der Waals surface area (Å²) in [5, 5.41) is 15.6. The van der Waals surface area contributed by atoms with E-state index in [9.17, 15) is 13.2 Å². The average molecular weight is 291 g/mol. The Balaban J connectivity index is 2.38. The average Bonchev–Trinajstić information content (AvgIpc) is 2.75. The van der Waals surface area contributed by atoms with Crippen molar-refractivity contribution in [2.75, 3.05) is 13.1 Å². The minimum atomic E-state index is -3.53. The lowest BCUT2D eigenvalue weighted by atomic mass is 10.2. The van der Waals surface area contributed by atoms with Gasteiger partial charge in [0.25, 0.3) is 10.2 Å². The fraction of sp³-hybridized carbons (Fsp3) is 0.667. The van der Waals surface area contributed by atoms with Gasteiger partial charge in [0, 0.05) is 13.1 Å². The number of carboxylic acid groups (broad SMARTS) is 1. The van der Waals surface area contributed by atoms with E-state index in [-0.39, 0.29) is 24.7 Å². The summed E-state index contributed by atoms with van der Waals surface area (Å²) in [6, 6.07) is 0. The van der Waals surface area contributed by atoms with Crippen molar-refractivity contribution >= 4 is 16.2 Å². The van der Waals surface area contributed by atoms with Gasteiger partial charge in [0.2, 0.25) is 0 Å². The van der Waals surface area contributed by atoms with Crippen LogP contribution < -0.4 is 9.44 Å². The van der Waals surface area contributed by atoms with Crippen LogP contribution in [0.2, 0.25) is 0 Å². The largest absolute Gasteiger partial charge is 0.476 e. The molecule has 0 spiro atoms. The Labute approximate surface area is 111 Å². The van der Waals surface area contributed by atoms with Crippen LogP contribution in [0.3, 0.4) is 0 Å². The van der Waals surface area contributed by atoms with Crippen LogP contribution in [0.4, 0.5) is 0 Å². The van der Waals surface area contributed by atoms with Gasteiger partial charge in [-0.2, -0.15) is 8.42 Å². The number of aromatic carboxylic acids is 1. The van der Waals surface area contributed by atoms with Gasteiger partial charge in [-0.05, 0) is 5.92 Å². The zero-order valence-electron chi connectivity index (χ0n) is 10.7. The molecule has 0 unspecified atom stereocenters. The van der Waals surface area contributed by atoms with Crippen molar-refractivity contribution in [1.82, 2.24) is 24.4 Å². The zero-order valence-corrected chi connectivity index (χ0v) is 11.5. The normalized spacial score (nSPS) is 11.9. The standard InChI is InChI=1S/C9H17N5O4S/c1-7(2)5-11-19(17,18)10-3-4-14-6-8(9(15)16)12-13-14/h6-7,10-11H,3-5H2,1-2H3,(H,15,16). The van der Waals surface area contributed by atoms with Gasteiger partial charge >= 0.3 is 5.97 Å². The highest BCUT2D eigenvalue weighted by Gasteiger charge is 2.11. The Morgan fingerprint density at radius 3 is 2.68 bits per heavy atom. The van der Waals surface area contributed by atoms with Crippen molar-refractivity contribution in [3.63, 3.8) is 0 Å². The first-order valence-electron chi connectivity index (χ1n) is 5.68. The minimum absolute atomic E-state index is 0.0931. The third-order valence-corrected chi connectivity index (χ3v) is 3.20. The van der Waals surface area contributed by atoms with Gasteiger partial charge in [-0.3, -0.25) is 4.68 Å². The van der Waals surface area contributed by atoms with Crippen molar-refractivity contribution in [2.24, 2.45) is 5.92 Å². The number of nitrogens with zero attached hydrogens (tertiary/aromatic N) is 3. The van der Waals surface area contributed by atoms with Crippen LogP contribution in [-0.2, 0) is 16.8 Å². The van der Waals surface area contributed by atoms with Gasteiger partial charge in [0.05, 0.1) is 12.7 Å². The molecule has 0 bridgehead atoms. The molecule has 9 nitrogen and oxygen atoms in total. The van der Waals surface area contributed by atoms with E-state index in [1.165, 1.54) is 10.9 Å². The molecule has 0 aromatic carbocycles. The van der Waals surface area contributed by atoms with E-state index in [1.807, 2.05) is 13.8 Å². The van der Waals surface area contributed by atoms with Crippen molar-refractivity contribution < 1.29 is 18.3 Å². The maximum absolute atomic E-state index is 11.5. The van der Waals surface area contributed by atoms with Crippen molar-refractivity contribution in [1.29, 1.82) is 0 Å². The second kappa shape index (κ2) is 6.59. The highest BCUT2D eigenvalue weighted by molar-refractivity contribution is 7.87. The van der Waals surface area contributed by atoms with Gasteiger partial charge in [-0.1, -0.05) is 19.1 Å². The molecular weight excluding hydrogens is 274 g/mol. The summed E-state index contributed by atoms with van der Waals surface area (Å²) in [7, 11) is -3.53. The fourth-order valence-corrected chi connectivity index (χ4v) is 2.14. The van der Waals surface area contributed by atoms with Gasteiger partial charge in [-0.25, -0.2) is 14.2 Å². The summed E-state index contributed by atoms with van der Waals surface area (Å²) in [5.41, 5.74) is -0.180. The van der Waals surface area contributed by atoms with Crippen LogP contribution in [0.15, 0.2) is 6.20 Å². The molecule has 0 radical (unpaired) electrons. The van der Waals surface area contributed by atoms with Crippen molar-refractivity contribution in [3.8, 4) is 0 Å². The highest BCUT2D eigenvalue weighted by Crippen LogP contribution is 1.92. The molecule has 0 atom stereocenters. The Morgan fingerprint density at radius 1 is 1.47 bits per heavy atom. The van der Waals surface area contributed by atoms with E-state index in [4.69, 9.17) is 5.11 Å². The molecule has 108 valence electrons. The number of carboxylic acids is 1. The Morgan fingerprint density at radius 2 is 2.16 bits per heavy atom. The van der Waals surface area contributed by atoms with E-state index in [2.05, 4.69) is 19.8 Å². The summed E-state index contributed by atoms with van der Waals surface area (Å²) >= 11 is 0. The quantitative estimate of drug-likeness (QED) is 0.567. The number of carbonyl (C=O) groups is 1. The van der Waals surface area contributed by atoms with E-state index in [0.29, 0.717) is 6.54 Å². The van der Waals surface area contributed by atoms with Crippen molar-refractivity contribution in [2.45, 2.75) is 20.4 Å². The maximum atomic E-state index is 11.5. The molecule has 1 heterocycles. The van der Waals surface area contributed by atoms with Crippen LogP contribution in [0.25, 0.3) is 0 Å². The first-order chi connectivity index (χ1) is 8.80. The summed E-state index contributed by atoms with van der Waals surface area (Å²) in [6.07, 6.45) is 1.23. The van der Waals surface area contributed by atoms with Crippen LogP contribution in [0, 0.1) is 5.92 Å². The lowest BCUT2D eigenvalue weighted by Gasteiger charge is -2.09. The van der Waals surface area contributed by atoms with Crippen LogP contribution in [0.1, 0.15) is 24.3 Å². The van der Waals surface area contributed by atoms with Gasteiger partial charge in [-0.15, -0.1) is 5.10 Å². The molecule has 0 aliphatic rings. The number of rotatable bonds is 8. The smallest absolute Gasteiger partial charge is 0.358 e. The second-order valence-corrected chi connectivity index (χ2v) is 5.90. The first-order valence-corrected chi connectivity index (χ1v) is 7.16. The number of hydrogen-bond donors (Lipinski definition) is 3. The number of nitrogens with one attached hydrogen (secondary N) is 2. The molecule has 1 rings (SSSR count). The molecule has 0 amide bonds. The van der Waals surface area contributed by atoms with Gasteiger partial charge < -0.3 is 5.11 Å². The van der Waals surface area contributed by atoms with Gasteiger partial charge in [0.1, 0.15) is 0 Å². The van der Waals surface area contributed by atoms with E-state index >= 15 is 0 Å². The van der Waals surface area contributed by atoms with Crippen LogP contribution >= 0.6 is 0 Å². The summed E-state index contributed by atoms with van der Waals surface area (Å²) in [5.74, 6) is -0.963. The molecular formula is C9H17N5O4S. The van der Waals surface area contributed by atoms with Crippen LogP contribution in [-0.4, -0.2) is 47.6 Å². The molecule has 0 aliphatic heterocycles. The second-order valence-electron chi connectivity index (χ2n) is 4.31. The molecule has 0 saturated heterocycles. The van der Waals surface area contributed by atoms with E-state index < -0.39 is 16.2 Å². The summed E-state index contributed by atoms with van der Waals surface area (Å²) in [6.45, 7) is 4.43. The van der Waals surface area contributed by atoms with Crippen molar-refractivity contribution in [3.05, 3.63) is 11.9 Å². The number of aromatic nitrogens is 3. The molecule has 19 heavy (non-hydrogen) atoms. The third kappa shape index (κ3) is 5.77. The predicted octanol–water partition coefficient (Wildman–Crippen LogP) is -0.944. The Kier molecular flexibility index (Phi) is 5.39. The van der Waals surface area contributed by atoms with Crippen LogP contribution in [0.5, 0.6) is 0 Å².